The first kappa shape index (κ1) is 18.3. The monoisotopic (exact) mass is 363 g/mol. The number of amides is 1. The van der Waals surface area contributed by atoms with Gasteiger partial charge in [-0.2, -0.15) is 0 Å². The summed E-state index contributed by atoms with van der Waals surface area (Å²) in [6.07, 6.45) is 0. The van der Waals surface area contributed by atoms with E-state index in [1.807, 2.05) is 13.8 Å². The fourth-order valence-electron chi connectivity index (χ4n) is 2.84. The zero-order valence-corrected chi connectivity index (χ0v) is 15.0. The molecule has 0 spiro atoms. The maximum atomic E-state index is 13.0. The third kappa shape index (κ3) is 3.87. The molecule has 27 heavy (non-hydrogen) atoms. The zero-order chi connectivity index (χ0) is 19.4. The number of nitrogens with one attached hydrogen (secondary N) is 1. The maximum Gasteiger partial charge on any atom is 0.257 e. The van der Waals surface area contributed by atoms with Gasteiger partial charge in [0, 0.05) is 11.9 Å². The summed E-state index contributed by atoms with van der Waals surface area (Å²) in [7, 11) is 0. The molecule has 0 aliphatic rings. The second-order valence-corrected chi connectivity index (χ2v) is 5.97. The number of hydrogen-bond acceptors (Lipinski definition) is 3. The van der Waals surface area contributed by atoms with E-state index in [2.05, 4.69) is 15.1 Å². The molecule has 0 aliphatic heterocycles. The molecule has 1 amide bonds. The number of nitrogens with zero attached hydrogens (tertiary/aromatic N) is 2. The molecule has 6 heteroatoms. The molecule has 136 valence electrons. The number of fused-ring (bicyclic) bond motifs is 1. The summed E-state index contributed by atoms with van der Waals surface area (Å²) in [5.41, 5.74) is 2.97. The van der Waals surface area contributed by atoms with Gasteiger partial charge in [0.05, 0.1) is 18.7 Å². The van der Waals surface area contributed by atoms with Crippen molar-refractivity contribution in [3.05, 3.63) is 76.4 Å². The topological polar surface area (TPSA) is 55.6 Å². The van der Waals surface area contributed by atoms with Gasteiger partial charge in [-0.1, -0.05) is 24.3 Å². The van der Waals surface area contributed by atoms with Crippen LogP contribution in [-0.4, -0.2) is 17.5 Å². The molecule has 0 aliphatic carbocycles. The van der Waals surface area contributed by atoms with Crippen molar-refractivity contribution in [1.82, 2.24) is 10.3 Å². The number of aromatic nitrogens is 1. The highest BCUT2D eigenvalue weighted by atomic mass is 19.1. The molecule has 2 aromatic carbocycles. The van der Waals surface area contributed by atoms with Gasteiger partial charge in [-0.25, -0.2) is 14.2 Å². The van der Waals surface area contributed by atoms with E-state index in [0.717, 1.165) is 16.5 Å². The summed E-state index contributed by atoms with van der Waals surface area (Å²) in [4.78, 5) is 20.7. The minimum Gasteiger partial charge on any atom is -0.477 e. The van der Waals surface area contributed by atoms with Crippen molar-refractivity contribution in [3.63, 3.8) is 0 Å². The van der Waals surface area contributed by atoms with Crippen LogP contribution in [-0.2, 0) is 6.54 Å². The van der Waals surface area contributed by atoms with Crippen LogP contribution >= 0.6 is 0 Å². The van der Waals surface area contributed by atoms with Crippen LogP contribution in [0.15, 0.2) is 42.5 Å². The first-order chi connectivity index (χ1) is 13.0. The van der Waals surface area contributed by atoms with Gasteiger partial charge < -0.3 is 10.1 Å². The summed E-state index contributed by atoms with van der Waals surface area (Å²) < 4.78 is 18.6. The molecule has 0 radical (unpaired) electrons. The van der Waals surface area contributed by atoms with Crippen LogP contribution in [0.3, 0.4) is 0 Å². The Morgan fingerprint density at radius 3 is 2.67 bits per heavy atom. The van der Waals surface area contributed by atoms with Gasteiger partial charge in [-0.15, -0.1) is 0 Å². The Kier molecular flexibility index (Phi) is 5.32. The summed E-state index contributed by atoms with van der Waals surface area (Å²) in [6.45, 7) is 11.4. The van der Waals surface area contributed by atoms with Gasteiger partial charge in [0.1, 0.15) is 11.4 Å². The van der Waals surface area contributed by atoms with E-state index >= 15 is 0 Å². The second-order valence-electron chi connectivity index (χ2n) is 5.97. The molecule has 5 nitrogen and oxygen atoms in total. The molecule has 1 N–H and O–H groups in total. The number of hydrogen-bond donors (Lipinski definition) is 1. The van der Waals surface area contributed by atoms with Gasteiger partial charge in [-0.05, 0) is 43.2 Å². The number of pyridine rings is 1. The van der Waals surface area contributed by atoms with Crippen molar-refractivity contribution in [2.75, 3.05) is 6.61 Å². The normalized spacial score (nSPS) is 10.4. The van der Waals surface area contributed by atoms with E-state index in [1.54, 1.807) is 30.3 Å². The van der Waals surface area contributed by atoms with Crippen LogP contribution in [0.1, 0.15) is 28.4 Å². The molecule has 0 saturated carbocycles. The lowest BCUT2D eigenvalue weighted by Gasteiger charge is -2.15. The predicted molar refractivity (Wildman–Crippen MR) is 101 cm³/mol. The number of benzene rings is 2. The highest BCUT2D eigenvalue weighted by molar-refractivity contribution is 6.02. The van der Waals surface area contributed by atoms with E-state index in [0.29, 0.717) is 23.4 Å². The molecule has 3 aromatic rings. The summed E-state index contributed by atoms with van der Waals surface area (Å²) in [5, 5.41) is 3.62. The molecule has 0 unspecified atom stereocenters. The van der Waals surface area contributed by atoms with Gasteiger partial charge in [0.2, 0.25) is 5.88 Å². The third-order valence-electron chi connectivity index (χ3n) is 4.20. The Balaban J connectivity index is 1.96. The van der Waals surface area contributed by atoms with E-state index in [9.17, 15) is 9.18 Å². The minimum absolute atomic E-state index is 0.237. The Morgan fingerprint density at radius 1 is 1.26 bits per heavy atom. The zero-order valence-electron chi connectivity index (χ0n) is 15.0. The summed E-state index contributed by atoms with van der Waals surface area (Å²) in [5.74, 6) is -0.401. The molecule has 0 atom stereocenters. The van der Waals surface area contributed by atoms with Crippen LogP contribution in [0.25, 0.3) is 15.7 Å². The average molecular weight is 363 g/mol. The lowest BCUT2D eigenvalue weighted by molar-refractivity contribution is 0.0946. The number of carbonyl (C=O) groups excluding carboxylic acids is 1. The fraction of sp³-hybridized carbons (Fsp3) is 0.190. The van der Waals surface area contributed by atoms with Crippen LogP contribution in [0.4, 0.5) is 10.1 Å². The van der Waals surface area contributed by atoms with Gasteiger partial charge >= 0.3 is 0 Å². The predicted octanol–water partition coefficient (Wildman–Crippen LogP) is 4.56. The quantitative estimate of drug-likeness (QED) is 0.676. The van der Waals surface area contributed by atoms with Gasteiger partial charge in [0.15, 0.2) is 5.69 Å². The van der Waals surface area contributed by atoms with Crippen molar-refractivity contribution in [1.29, 1.82) is 0 Å². The van der Waals surface area contributed by atoms with Crippen LogP contribution < -0.4 is 10.1 Å². The summed E-state index contributed by atoms with van der Waals surface area (Å²) >= 11 is 0. The number of carbonyl (C=O) groups is 1. The van der Waals surface area contributed by atoms with Gasteiger partial charge in [-0.3, -0.25) is 4.79 Å². The van der Waals surface area contributed by atoms with Crippen LogP contribution in [0.2, 0.25) is 0 Å². The molecular formula is C21H18FN3O2. The third-order valence-corrected chi connectivity index (χ3v) is 4.20. The number of halogens is 1. The van der Waals surface area contributed by atoms with Crippen molar-refractivity contribution < 1.29 is 13.9 Å². The van der Waals surface area contributed by atoms with Gasteiger partial charge in [0.25, 0.3) is 5.91 Å². The lowest BCUT2D eigenvalue weighted by Crippen LogP contribution is -2.25. The van der Waals surface area contributed by atoms with E-state index < -0.39 is 0 Å². The highest BCUT2D eigenvalue weighted by Crippen LogP contribution is 2.30. The van der Waals surface area contributed by atoms with E-state index in [-0.39, 0.29) is 24.1 Å². The van der Waals surface area contributed by atoms with Crippen molar-refractivity contribution in [3.8, 4) is 5.88 Å². The maximum absolute atomic E-state index is 13.0. The second kappa shape index (κ2) is 7.83. The van der Waals surface area contributed by atoms with Crippen molar-refractivity contribution in [2.24, 2.45) is 0 Å². The minimum atomic E-state index is -0.322. The standard InChI is InChI=1S/C21H18FN3O2/c1-4-27-21-19(20(26)24-12-14-5-7-15(22)8-6-14)13(2)17-10-9-16(23-3)11-18(17)25-21/h5-11H,4,12H2,1-2H3,(H,24,26). The lowest BCUT2D eigenvalue weighted by atomic mass is 10.0. The van der Waals surface area contributed by atoms with E-state index in [1.165, 1.54) is 12.1 Å². The number of rotatable bonds is 5. The van der Waals surface area contributed by atoms with Crippen LogP contribution in [0.5, 0.6) is 5.88 Å². The number of aryl methyl sites for hydroxylation is 1. The number of ether oxygens (including phenoxy) is 1. The smallest absolute Gasteiger partial charge is 0.257 e. The fourth-order valence-corrected chi connectivity index (χ4v) is 2.84. The molecule has 1 heterocycles. The molecule has 0 fully saturated rings. The molecule has 3 rings (SSSR count). The van der Waals surface area contributed by atoms with E-state index in [4.69, 9.17) is 11.3 Å². The molecule has 1 aromatic heterocycles. The molecular weight excluding hydrogens is 345 g/mol. The molecule has 0 bridgehead atoms. The Hall–Kier alpha value is -3.46. The molecule has 0 saturated heterocycles. The van der Waals surface area contributed by atoms with Crippen molar-refractivity contribution >= 4 is 22.5 Å². The highest BCUT2D eigenvalue weighted by Gasteiger charge is 2.20. The van der Waals surface area contributed by atoms with Crippen molar-refractivity contribution in [2.45, 2.75) is 20.4 Å². The Labute approximate surface area is 156 Å². The first-order valence-corrected chi connectivity index (χ1v) is 8.50. The largest absolute Gasteiger partial charge is 0.477 e. The summed E-state index contributed by atoms with van der Waals surface area (Å²) in [6, 6.07) is 11.1. The first-order valence-electron chi connectivity index (χ1n) is 8.50. The SMILES string of the molecule is [C-]#[N+]c1ccc2c(C)c(C(=O)NCc3ccc(F)cc3)c(OCC)nc2c1. The van der Waals surface area contributed by atoms with Crippen LogP contribution in [0, 0.1) is 19.3 Å². The Bertz CT molecular complexity index is 1040. The Morgan fingerprint density at radius 2 is 2.00 bits per heavy atom. The average Bonchev–Trinajstić information content (AvgIpc) is 2.67.